The molecule has 1 fully saturated rings. The van der Waals surface area contributed by atoms with E-state index in [9.17, 15) is 0 Å². The van der Waals surface area contributed by atoms with Crippen LogP contribution in [0, 0.1) is 17.3 Å². The first-order valence-corrected chi connectivity index (χ1v) is 9.63. The molecule has 3 rings (SSSR count). The topological polar surface area (TPSA) is 0 Å². The van der Waals surface area contributed by atoms with Crippen LogP contribution in [0.3, 0.4) is 0 Å². The Labute approximate surface area is 158 Å². The molecule has 0 spiro atoms. The Morgan fingerprint density at radius 3 is 2.56 bits per heavy atom. The fourth-order valence-corrected chi connectivity index (χ4v) is 4.60. The summed E-state index contributed by atoms with van der Waals surface area (Å²) in [5.74, 6) is 1.18. The molecule has 3 unspecified atom stereocenters. The van der Waals surface area contributed by atoms with Gasteiger partial charge in [0.1, 0.15) is 0 Å². The Morgan fingerprint density at radius 2 is 1.92 bits per heavy atom. The van der Waals surface area contributed by atoms with Crippen LogP contribution in [0.15, 0.2) is 71.7 Å². The maximum absolute atomic E-state index is 4.68. The molecule has 1 saturated carbocycles. The zero-order chi connectivity index (χ0) is 18.0. The van der Waals surface area contributed by atoms with E-state index in [1.807, 2.05) is 0 Å². The van der Waals surface area contributed by atoms with E-state index in [1.54, 1.807) is 0 Å². The normalized spacial score (nSPS) is 29.0. The Kier molecular flexibility index (Phi) is 5.24. The van der Waals surface area contributed by atoms with Gasteiger partial charge < -0.3 is 0 Å². The highest BCUT2D eigenvalue weighted by Crippen LogP contribution is 2.64. The summed E-state index contributed by atoms with van der Waals surface area (Å²) >= 11 is 4.68. The Morgan fingerprint density at radius 1 is 1.20 bits per heavy atom. The molecular formula is C24H28S. The van der Waals surface area contributed by atoms with Crippen LogP contribution >= 0.6 is 12.6 Å². The summed E-state index contributed by atoms with van der Waals surface area (Å²) in [6.45, 7) is 11.1. The first-order valence-electron chi connectivity index (χ1n) is 9.18. The van der Waals surface area contributed by atoms with Crippen molar-refractivity contribution in [1.29, 1.82) is 0 Å². The van der Waals surface area contributed by atoms with Gasteiger partial charge in [0.05, 0.1) is 0 Å². The highest BCUT2D eigenvalue weighted by Gasteiger charge is 2.55. The van der Waals surface area contributed by atoms with E-state index in [2.05, 4.69) is 101 Å². The average Bonchev–Trinajstić information content (AvgIpc) is 3.26. The monoisotopic (exact) mass is 348 g/mol. The number of hydrogen-bond acceptors (Lipinski definition) is 1. The lowest BCUT2D eigenvalue weighted by Crippen LogP contribution is -2.21. The van der Waals surface area contributed by atoms with Crippen LogP contribution in [0.1, 0.15) is 44.7 Å². The van der Waals surface area contributed by atoms with E-state index in [-0.39, 0.29) is 5.41 Å². The van der Waals surface area contributed by atoms with Crippen molar-refractivity contribution < 1.29 is 0 Å². The predicted octanol–water partition coefficient (Wildman–Crippen LogP) is 7.10. The summed E-state index contributed by atoms with van der Waals surface area (Å²) in [6.07, 6.45) is 15.6. The van der Waals surface area contributed by atoms with Gasteiger partial charge >= 0.3 is 0 Å². The number of hydrogen-bond donors (Lipinski definition) is 1. The molecule has 2 aliphatic rings. The zero-order valence-electron chi connectivity index (χ0n) is 15.5. The molecule has 0 amide bonds. The fraction of sp³-hybridized carbons (Fsp3) is 0.333. The van der Waals surface area contributed by atoms with Gasteiger partial charge in [-0.1, -0.05) is 74.2 Å². The SMILES string of the molecule is C=C(C1=CC=C(S)CC1C1(C=CC)CC1C)c1ccccc1/C=C\C. The maximum Gasteiger partial charge on any atom is -0.00167 e. The van der Waals surface area contributed by atoms with Crippen molar-refractivity contribution in [2.75, 3.05) is 0 Å². The van der Waals surface area contributed by atoms with Crippen LogP contribution in [0.5, 0.6) is 0 Å². The van der Waals surface area contributed by atoms with Crippen molar-refractivity contribution in [3.63, 3.8) is 0 Å². The molecule has 2 aliphatic carbocycles. The van der Waals surface area contributed by atoms with Crippen molar-refractivity contribution in [1.82, 2.24) is 0 Å². The minimum atomic E-state index is 0.265. The highest BCUT2D eigenvalue weighted by molar-refractivity contribution is 7.84. The molecule has 1 aromatic rings. The molecule has 1 heteroatoms. The summed E-state index contributed by atoms with van der Waals surface area (Å²) in [4.78, 5) is 1.17. The third kappa shape index (κ3) is 3.35. The summed E-state index contributed by atoms with van der Waals surface area (Å²) < 4.78 is 0. The number of benzene rings is 1. The maximum atomic E-state index is 4.68. The van der Waals surface area contributed by atoms with Gasteiger partial charge in [0.25, 0.3) is 0 Å². The second-order valence-corrected chi connectivity index (χ2v) is 7.89. The standard InChI is InChI=1S/C24H28S/c1-5-9-19-10-7-8-11-21(19)18(4)22-13-12-20(25)15-23(22)24(14-6-2)16-17(24)3/h5-14,17,23,25H,4,15-16H2,1-3H3/b9-5-,14-6?. The van der Waals surface area contributed by atoms with Gasteiger partial charge in [-0.2, -0.15) is 0 Å². The Hall–Kier alpha value is -1.73. The number of thiol groups is 1. The number of allylic oxidation sites excluding steroid dienone is 8. The molecule has 25 heavy (non-hydrogen) atoms. The van der Waals surface area contributed by atoms with Gasteiger partial charge in [0, 0.05) is 0 Å². The summed E-state index contributed by atoms with van der Waals surface area (Å²) in [5, 5.41) is 0. The van der Waals surface area contributed by atoms with Crippen LogP contribution in [-0.2, 0) is 0 Å². The Balaban J connectivity index is 2.03. The van der Waals surface area contributed by atoms with E-state index in [0.717, 1.165) is 17.9 Å². The molecule has 0 radical (unpaired) electrons. The third-order valence-corrected chi connectivity index (χ3v) is 6.10. The molecule has 0 bridgehead atoms. The number of rotatable bonds is 5. The van der Waals surface area contributed by atoms with Crippen LogP contribution in [0.25, 0.3) is 11.6 Å². The largest absolute Gasteiger partial charge is 0.148 e. The molecule has 0 aliphatic heterocycles. The van der Waals surface area contributed by atoms with Crippen LogP contribution in [-0.4, -0.2) is 0 Å². The molecule has 0 nitrogen and oxygen atoms in total. The summed E-state index contributed by atoms with van der Waals surface area (Å²) in [5.41, 5.74) is 5.26. The summed E-state index contributed by atoms with van der Waals surface area (Å²) in [7, 11) is 0. The summed E-state index contributed by atoms with van der Waals surface area (Å²) in [6, 6.07) is 8.55. The van der Waals surface area contributed by atoms with E-state index in [4.69, 9.17) is 0 Å². The molecule has 0 aromatic heterocycles. The first kappa shape index (κ1) is 18.1. The van der Waals surface area contributed by atoms with Crippen molar-refractivity contribution in [2.24, 2.45) is 17.3 Å². The minimum Gasteiger partial charge on any atom is -0.148 e. The van der Waals surface area contributed by atoms with Gasteiger partial charge in [0.15, 0.2) is 0 Å². The highest BCUT2D eigenvalue weighted by atomic mass is 32.1. The zero-order valence-corrected chi connectivity index (χ0v) is 16.4. The first-order chi connectivity index (χ1) is 12.0. The quantitative estimate of drug-likeness (QED) is 0.426. The lowest BCUT2D eigenvalue weighted by molar-refractivity contribution is 0.411. The molecule has 3 atom stereocenters. The van der Waals surface area contributed by atoms with E-state index < -0.39 is 0 Å². The Bertz CT molecular complexity index is 790. The van der Waals surface area contributed by atoms with Crippen LogP contribution < -0.4 is 0 Å². The van der Waals surface area contributed by atoms with Crippen molar-refractivity contribution in [3.8, 4) is 0 Å². The molecule has 1 aromatic carbocycles. The van der Waals surface area contributed by atoms with E-state index >= 15 is 0 Å². The van der Waals surface area contributed by atoms with Crippen molar-refractivity contribution >= 4 is 24.3 Å². The third-order valence-electron chi connectivity index (χ3n) is 5.77. The molecular weight excluding hydrogens is 320 g/mol. The van der Waals surface area contributed by atoms with Gasteiger partial charge in [-0.05, 0) is 71.1 Å². The smallest absolute Gasteiger partial charge is 0.00167 e. The fourth-order valence-electron chi connectivity index (χ4n) is 4.35. The lowest BCUT2D eigenvalue weighted by Gasteiger charge is -2.32. The van der Waals surface area contributed by atoms with Gasteiger partial charge in [-0.15, -0.1) is 12.6 Å². The van der Waals surface area contributed by atoms with E-state index in [0.29, 0.717) is 5.92 Å². The minimum absolute atomic E-state index is 0.265. The second kappa shape index (κ2) is 7.25. The van der Waals surface area contributed by atoms with Gasteiger partial charge in [0.2, 0.25) is 0 Å². The molecule has 130 valence electrons. The lowest BCUT2D eigenvalue weighted by atomic mass is 9.73. The molecule has 0 N–H and O–H groups in total. The van der Waals surface area contributed by atoms with Gasteiger partial charge in [-0.3, -0.25) is 0 Å². The average molecular weight is 349 g/mol. The second-order valence-electron chi connectivity index (χ2n) is 7.32. The molecule has 0 saturated heterocycles. The molecule has 0 heterocycles. The van der Waals surface area contributed by atoms with E-state index in [1.165, 1.54) is 28.0 Å². The van der Waals surface area contributed by atoms with Crippen molar-refractivity contribution in [3.05, 3.63) is 82.8 Å². The predicted molar refractivity (Wildman–Crippen MR) is 114 cm³/mol. The van der Waals surface area contributed by atoms with Crippen LogP contribution in [0.4, 0.5) is 0 Å². The van der Waals surface area contributed by atoms with Crippen LogP contribution in [0.2, 0.25) is 0 Å². The van der Waals surface area contributed by atoms with Crippen molar-refractivity contribution in [2.45, 2.75) is 33.6 Å². The van der Waals surface area contributed by atoms with Gasteiger partial charge in [-0.25, -0.2) is 0 Å².